The lowest BCUT2D eigenvalue weighted by atomic mass is 10.1. The second kappa shape index (κ2) is 8.30. The fourth-order valence-electron chi connectivity index (χ4n) is 3.52. The molecule has 1 fully saturated rings. The van der Waals surface area contributed by atoms with Crippen LogP contribution in [0.4, 0.5) is 0 Å². The van der Waals surface area contributed by atoms with Gasteiger partial charge in [-0.1, -0.05) is 18.2 Å². The van der Waals surface area contributed by atoms with Crippen molar-refractivity contribution in [3.8, 4) is 0 Å². The summed E-state index contributed by atoms with van der Waals surface area (Å²) in [6.07, 6.45) is 2.33. The van der Waals surface area contributed by atoms with E-state index in [1.54, 1.807) is 0 Å². The Kier molecular flexibility index (Phi) is 5.76. The number of rotatable bonds is 6. The first-order valence-corrected chi connectivity index (χ1v) is 11.8. The van der Waals surface area contributed by atoms with Crippen molar-refractivity contribution in [1.29, 1.82) is 0 Å². The van der Waals surface area contributed by atoms with Crippen LogP contribution < -0.4 is 0 Å². The molecule has 0 saturated carbocycles. The van der Waals surface area contributed by atoms with Crippen LogP contribution in [0.15, 0.2) is 58.3 Å². The van der Waals surface area contributed by atoms with Crippen molar-refractivity contribution in [2.24, 2.45) is 0 Å². The van der Waals surface area contributed by atoms with Crippen LogP contribution in [0.3, 0.4) is 0 Å². The summed E-state index contributed by atoms with van der Waals surface area (Å²) in [6, 6.07) is 13.6. The minimum Gasteiger partial charge on any atom is -0.456 e. The minimum absolute atomic E-state index is 0.174. The third kappa shape index (κ3) is 4.24. The van der Waals surface area contributed by atoms with E-state index in [1.165, 1.54) is 40.3 Å². The van der Waals surface area contributed by atoms with Crippen molar-refractivity contribution in [1.82, 2.24) is 4.31 Å². The van der Waals surface area contributed by atoms with Gasteiger partial charge in [-0.05, 0) is 55.2 Å². The van der Waals surface area contributed by atoms with Crippen molar-refractivity contribution >= 4 is 33.5 Å². The van der Waals surface area contributed by atoms with E-state index in [9.17, 15) is 18.0 Å². The van der Waals surface area contributed by atoms with E-state index < -0.39 is 16.0 Å². The molecule has 4 rings (SSSR count). The lowest BCUT2D eigenvalue weighted by Gasteiger charge is -2.15. The van der Waals surface area contributed by atoms with Crippen LogP contribution in [0.25, 0.3) is 0 Å². The molecule has 2 aromatic rings. The predicted molar refractivity (Wildman–Crippen MR) is 110 cm³/mol. The molecule has 2 aliphatic heterocycles. The molecule has 0 radical (unpaired) electrons. The van der Waals surface area contributed by atoms with Gasteiger partial charge in [-0.3, -0.25) is 9.59 Å². The van der Waals surface area contributed by atoms with Crippen LogP contribution in [0.1, 0.15) is 28.8 Å². The maximum absolute atomic E-state index is 12.5. The third-order valence-corrected chi connectivity index (χ3v) is 8.34. The molecule has 1 saturated heterocycles. The zero-order valence-electron chi connectivity index (χ0n) is 15.7. The number of benzene rings is 2. The van der Waals surface area contributed by atoms with Crippen molar-refractivity contribution < 1.29 is 22.7 Å². The Morgan fingerprint density at radius 2 is 1.72 bits per heavy atom. The maximum Gasteiger partial charge on any atom is 0.320 e. The molecule has 0 aromatic heterocycles. The molecule has 1 atom stereocenters. The van der Waals surface area contributed by atoms with Crippen molar-refractivity contribution in [3.05, 3.63) is 59.7 Å². The average Bonchev–Trinajstić information content (AvgIpc) is 3.42. The second-order valence-electron chi connectivity index (χ2n) is 7.08. The smallest absolute Gasteiger partial charge is 0.320 e. The predicted octanol–water partition coefficient (Wildman–Crippen LogP) is 2.91. The summed E-state index contributed by atoms with van der Waals surface area (Å²) >= 11 is 1.45. The van der Waals surface area contributed by atoms with Crippen molar-refractivity contribution in [2.75, 3.05) is 19.7 Å². The van der Waals surface area contributed by atoms with Gasteiger partial charge in [0.05, 0.1) is 4.90 Å². The monoisotopic (exact) mass is 431 g/mol. The van der Waals surface area contributed by atoms with E-state index in [1.807, 2.05) is 24.3 Å². The molecule has 2 aromatic carbocycles. The lowest BCUT2D eigenvalue weighted by Crippen LogP contribution is -2.27. The SMILES string of the molecule is O=C(COC(=O)C1Cc2ccccc2S1)c1ccc(S(=O)(=O)N2CCCC2)cc1. The van der Waals surface area contributed by atoms with Gasteiger partial charge in [0.1, 0.15) is 5.25 Å². The molecule has 2 aliphatic rings. The molecule has 1 unspecified atom stereocenters. The van der Waals surface area contributed by atoms with Gasteiger partial charge < -0.3 is 4.74 Å². The number of ether oxygens (including phenoxy) is 1. The molecule has 0 spiro atoms. The summed E-state index contributed by atoms with van der Waals surface area (Å²) in [5.74, 6) is -0.767. The molecule has 29 heavy (non-hydrogen) atoms. The Balaban J connectivity index is 1.34. The van der Waals surface area contributed by atoms with Gasteiger partial charge in [0.2, 0.25) is 10.0 Å². The lowest BCUT2D eigenvalue weighted by molar-refractivity contribution is -0.141. The fraction of sp³-hybridized carbons (Fsp3) is 0.333. The zero-order valence-corrected chi connectivity index (χ0v) is 17.4. The molecule has 0 amide bonds. The molecule has 0 bridgehead atoms. The Morgan fingerprint density at radius 1 is 1.03 bits per heavy atom. The van der Waals surface area contributed by atoms with E-state index in [4.69, 9.17) is 4.74 Å². The molecular weight excluding hydrogens is 410 g/mol. The van der Waals surface area contributed by atoms with E-state index in [2.05, 4.69) is 0 Å². The van der Waals surface area contributed by atoms with Crippen LogP contribution in [0.2, 0.25) is 0 Å². The average molecular weight is 432 g/mol. The maximum atomic E-state index is 12.5. The Morgan fingerprint density at radius 3 is 2.41 bits per heavy atom. The number of fused-ring (bicyclic) bond motifs is 1. The van der Waals surface area contributed by atoms with Gasteiger partial charge >= 0.3 is 5.97 Å². The zero-order chi connectivity index (χ0) is 20.4. The standard InChI is InChI=1S/C21H21NO5S2/c23-18(14-27-21(24)20-13-16-5-1-2-6-19(16)28-20)15-7-9-17(10-8-15)29(25,26)22-11-3-4-12-22/h1-2,5-10,20H,3-4,11-14H2. The van der Waals surface area contributed by atoms with Crippen molar-refractivity contribution in [2.45, 2.75) is 34.3 Å². The number of sulfonamides is 1. The van der Waals surface area contributed by atoms with Gasteiger partial charge in [-0.15, -0.1) is 11.8 Å². The van der Waals surface area contributed by atoms with Crippen LogP contribution in [-0.2, 0) is 26.0 Å². The number of esters is 1. The fourth-order valence-corrected chi connectivity index (χ4v) is 6.23. The van der Waals surface area contributed by atoms with E-state index in [0.29, 0.717) is 25.1 Å². The summed E-state index contributed by atoms with van der Waals surface area (Å²) in [4.78, 5) is 25.9. The summed E-state index contributed by atoms with van der Waals surface area (Å²) in [7, 11) is -3.51. The number of carbonyl (C=O) groups is 2. The Labute approximate surface area is 174 Å². The Bertz CT molecular complexity index is 1000. The quantitative estimate of drug-likeness (QED) is 0.517. The first-order valence-electron chi connectivity index (χ1n) is 9.50. The topological polar surface area (TPSA) is 80.8 Å². The van der Waals surface area contributed by atoms with Gasteiger partial charge in [0.25, 0.3) is 0 Å². The van der Waals surface area contributed by atoms with Crippen LogP contribution in [-0.4, -0.2) is 49.4 Å². The molecule has 2 heterocycles. The molecule has 8 heteroatoms. The number of thioether (sulfide) groups is 1. The van der Waals surface area contributed by atoms with Gasteiger partial charge in [0, 0.05) is 23.5 Å². The van der Waals surface area contributed by atoms with E-state index in [-0.39, 0.29) is 22.5 Å². The summed E-state index contributed by atoms with van der Waals surface area (Å²) in [5, 5.41) is -0.340. The normalized spacial score (nSPS) is 19.1. The van der Waals surface area contributed by atoms with Crippen LogP contribution >= 0.6 is 11.8 Å². The van der Waals surface area contributed by atoms with Crippen LogP contribution in [0, 0.1) is 0 Å². The third-order valence-electron chi connectivity index (χ3n) is 5.13. The second-order valence-corrected chi connectivity index (χ2v) is 10.3. The molecule has 6 nitrogen and oxygen atoms in total. The summed E-state index contributed by atoms with van der Waals surface area (Å²) in [5.41, 5.74) is 1.43. The number of hydrogen-bond donors (Lipinski definition) is 0. The highest BCUT2D eigenvalue weighted by Crippen LogP contribution is 2.37. The van der Waals surface area contributed by atoms with Gasteiger partial charge in [0.15, 0.2) is 12.4 Å². The minimum atomic E-state index is -3.51. The first kappa shape index (κ1) is 20.1. The highest BCUT2D eigenvalue weighted by molar-refractivity contribution is 8.01. The first-order chi connectivity index (χ1) is 13.9. The number of nitrogens with zero attached hydrogens (tertiary/aromatic N) is 1. The number of carbonyl (C=O) groups excluding carboxylic acids is 2. The van der Waals surface area contributed by atoms with E-state index in [0.717, 1.165) is 23.3 Å². The molecule has 0 aliphatic carbocycles. The van der Waals surface area contributed by atoms with Gasteiger partial charge in [-0.25, -0.2) is 8.42 Å². The number of hydrogen-bond acceptors (Lipinski definition) is 6. The Hall–Kier alpha value is -2.16. The number of Topliss-reactive ketones (excluding diaryl/α,β-unsaturated/α-hetero) is 1. The van der Waals surface area contributed by atoms with Crippen molar-refractivity contribution in [3.63, 3.8) is 0 Å². The summed E-state index contributed by atoms with van der Waals surface area (Å²) in [6.45, 7) is 0.703. The highest BCUT2D eigenvalue weighted by atomic mass is 32.2. The largest absolute Gasteiger partial charge is 0.456 e. The molecular formula is C21H21NO5S2. The van der Waals surface area contributed by atoms with Crippen LogP contribution in [0.5, 0.6) is 0 Å². The highest BCUT2D eigenvalue weighted by Gasteiger charge is 2.30. The van der Waals surface area contributed by atoms with E-state index >= 15 is 0 Å². The number of ketones is 1. The molecule has 152 valence electrons. The molecule has 0 N–H and O–H groups in total. The summed E-state index contributed by atoms with van der Waals surface area (Å²) < 4.78 is 31.8. The van der Waals surface area contributed by atoms with Gasteiger partial charge in [-0.2, -0.15) is 4.31 Å².